The number of benzene rings is 1. The SMILES string of the molecule is COC(=O)CCNC(=O)OCc1cccc(N(C(C)=O)N2C(=O)N[C@@H](CN)C2=O)c1. The van der Waals surface area contributed by atoms with Gasteiger partial charge in [-0.3, -0.25) is 14.4 Å². The van der Waals surface area contributed by atoms with Crippen LogP contribution in [0.5, 0.6) is 0 Å². The zero-order chi connectivity index (χ0) is 22.3. The summed E-state index contributed by atoms with van der Waals surface area (Å²) in [6, 6.07) is 4.56. The molecule has 1 heterocycles. The third-order valence-electron chi connectivity index (χ3n) is 4.08. The summed E-state index contributed by atoms with van der Waals surface area (Å²) in [4.78, 5) is 59.5. The number of rotatable bonds is 8. The molecule has 0 saturated carbocycles. The van der Waals surface area contributed by atoms with Crippen LogP contribution in [0.15, 0.2) is 24.3 Å². The number of nitrogens with two attached hydrogens (primary N) is 1. The molecule has 4 N–H and O–H groups in total. The molecule has 12 nitrogen and oxygen atoms in total. The van der Waals surface area contributed by atoms with E-state index < -0.39 is 35.9 Å². The van der Waals surface area contributed by atoms with Crippen molar-refractivity contribution in [2.24, 2.45) is 5.73 Å². The normalized spacial score (nSPS) is 15.4. The lowest BCUT2D eigenvalue weighted by Crippen LogP contribution is -2.50. The molecule has 2 rings (SSSR count). The van der Waals surface area contributed by atoms with E-state index in [1.165, 1.54) is 26.2 Å². The van der Waals surface area contributed by atoms with Crippen LogP contribution in [0.1, 0.15) is 18.9 Å². The highest BCUT2D eigenvalue weighted by Gasteiger charge is 2.42. The number of nitrogens with zero attached hydrogens (tertiary/aromatic N) is 2. The maximum absolute atomic E-state index is 12.4. The van der Waals surface area contributed by atoms with E-state index in [9.17, 15) is 24.0 Å². The van der Waals surface area contributed by atoms with Crippen molar-refractivity contribution in [3.8, 4) is 0 Å². The molecular formula is C18H23N5O7. The minimum atomic E-state index is -0.917. The van der Waals surface area contributed by atoms with Gasteiger partial charge in [0.15, 0.2) is 0 Å². The number of urea groups is 1. The molecule has 1 fully saturated rings. The van der Waals surface area contributed by atoms with Crippen LogP contribution in [0.3, 0.4) is 0 Å². The third-order valence-corrected chi connectivity index (χ3v) is 4.08. The van der Waals surface area contributed by atoms with E-state index in [4.69, 9.17) is 10.5 Å². The van der Waals surface area contributed by atoms with E-state index in [1.54, 1.807) is 12.1 Å². The molecule has 30 heavy (non-hydrogen) atoms. The molecule has 0 radical (unpaired) electrons. The largest absolute Gasteiger partial charge is 0.469 e. The number of carbonyl (C=O) groups excluding carboxylic acids is 5. The standard InChI is InChI=1S/C18H23N5O7/c1-11(24)22(23-16(26)14(9-19)21-17(23)27)13-5-3-4-12(8-13)10-30-18(28)20-7-6-15(25)29-2/h3-5,8,14H,6-7,9-10,19H2,1-2H3,(H,20,28)(H,21,27)/t14-/m0/s1. The highest BCUT2D eigenvalue weighted by molar-refractivity contribution is 6.10. The lowest BCUT2D eigenvalue weighted by molar-refractivity contribution is -0.140. The van der Waals surface area contributed by atoms with Gasteiger partial charge in [-0.05, 0) is 17.7 Å². The van der Waals surface area contributed by atoms with E-state index >= 15 is 0 Å². The number of methoxy groups -OCH3 is 1. The maximum Gasteiger partial charge on any atom is 0.407 e. The van der Waals surface area contributed by atoms with Crippen LogP contribution in [-0.2, 0) is 30.5 Å². The van der Waals surface area contributed by atoms with E-state index in [2.05, 4.69) is 15.4 Å². The molecule has 0 bridgehead atoms. The number of ether oxygens (including phenoxy) is 2. The average Bonchev–Trinajstić information content (AvgIpc) is 3.00. The van der Waals surface area contributed by atoms with Crippen molar-refractivity contribution in [1.29, 1.82) is 0 Å². The molecule has 1 atom stereocenters. The summed E-state index contributed by atoms with van der Waals surface area (Å²) in [5, 5.41) is 6.42. The first-order valence-corrected chi connectivity index (χ1v) is 9.00. The van der Waals surface area contributed by atoms with Crippen molar-refractivity contribution < 1.29 is 33.4 Å². The van der Waals surface area contributed by atoms with Gasteiger partial charge < -0.3 is 25.8 Å². The van der Waals surface area contributed by atoms with Gasteiger partial charge in [-0.2, -0.15) is 5.01 Å². The van der Waals surface area contributed by atoms with Crippen LogP contribution in [0.4, 0.5) is 15.3 Å². The Bertz CT molecular complexity index is 844. The molecular weight excluding hydrogens is 398 g/mol. The zero-order valence-electron chi connectivity index (χ0n) is 16.5. The Balaban J connectivity index is 2.06. The second kappa shape index (κ2) is 10.2. The van der Waals surface area contributed by atoms with Gasteiger partial charge in [0.25, 0.3) is 5.91 Å². The molecule has 1 aliphatic heterocycles. The van der Waals surface area contributed by atoms with E-state index in [1.807, 2.05) is 0 Å². The molecule has 12 heteroatoms. The summed E-state index contributed by atoms with van der Waals surface area (Å²) in [6.07, 6.45) is -0.739. The number of esters is 1. The quantitative estimate of drug-likeness (QED) is 0.378. The Morgan fingerprint density at radius 2 is 2.03 bits per heavy atom. The Hall–Kier alpha value is -3.67. The molecule has 1 saturated heterocycles. The molecule has 0 aromatic heterocycles. The number of hydrogen-bond acceptors (Lipinski definition) is 8. The summed E-state index contributed by atoms with van der Waals surface area (Å²) < 4.78 is 9.52. The Morgan fingerprint density at radius 1 is 1.30 bits per heavy atom. The van der Waals surface area contributed by atoms with Gasteiger partial charge >= 0.3 is 18.1 Å². The number of alkyl carbamates (subject to hydrolysis) is 1. The first kappa shape index (κ1) is 22.6. The van der Waals surface area contributed by atoms with Crippen molar-refractivity contribution in [3.63, 3.8) is 0 Å². The minimum absolute atomic E-state index is 0.00434. The fraction of sp³-hybridized carbons (Fsp3) is 0.389. The highest BCUT2D eigenvalue weighted by Crippen LogP contribution is 2.22. The first-order valence-electron chi connectivity index (χ1n) is 9.00. The Morgan fingerprint density at radius 3 is 2.63 bits per heavy atom. The number of carbonyl (C=O) groups is 5. The summed E-state index contributed by atoms with van der Waals surface area (Å²) in [7, 11) is 1.24. The summed E-state index contributed by atoms with van der Waals surface area (Å²) in [6.45, 7) is 1.01. The number of hydrazine groups is 1. The summed E-state index contributed by atoms with van der Waals surface area (Å²) >= 11 is 0. The lowest BCUT2D eigenvalue weighted by Gasteiger charge is -2.28. The Kier molecular flexibility index (Phi) is 7.69. The van der Waals surface area contributed by atoms with Gasteiger partial charge in [-0.25, -0.2) is 14.6 Å². The van der Waals surface area contributed by atoms with Gasteiger partial charge in [0.2, 0.25) is 5.91 Å². The van der Waals surface area contributed by atoms with Crippen molar-refractivity contribution >= 4 is 35.6 Å². The maximum atomic E-state index is 12.4. The van der Waals surface area contributed by atoms with Crippen LogP contribution in [-0.4, -0.2) is 61.2 Å². The number of anilines is 1. The number of amides is 5. The highest BCUT2D eigenvalue weighted by atomic mass is 16.5. The predicted molar refractivity (Wildman–Crippen MR) is 103 cm³/mol. The van der Waals surface area contributed by atoms with Crippen LogP contribution < -0.4 is 21.4 Å². The fourth-order valence-electron chi connectivity index (χ4n) is 2.65. The van der Waals surface area contributed by atoms with Gasteiger partial charge in [-0.15, -0.1) is 0 Å². The molecule has 1 aromatic rings. The van der Waals surface area contributed by atoms with Crippen molar-refractivity contribution in [2.75, 3.05) is 25.2 Å². The predicted octanol–water partition coefficient (Wildman–Crippen LogP) is -0.377. The smallest absolute Gasteiger partial charge is 0.407 e. The second-order valence-corrected chi connectivity index (χ2v) is 6.22. The first-order chi connectivity index (χ1) is 14.3. The van der Waals surface area contributed by atoms with Gasteiger partial charge in [-0.1, -0.05) is 12.1 Å². The van der Waals surface area contributed by atoms with Crippen LogP contribution in [0.25, 0.3) is 0 Å². The fourth-order valence-corrected chi connectivity index (χ4v) is 2.65. The van der Waals surface area contributed by atoms with Gasteiger partial charge in [0, 0.05) is 20.0 Å². The van der Waals surface area contributed by atoms with E-state index in [-0.39, 0.29) is 31.8 Å². The van der Waals surface area contributed by atoms with Gasteiger partial charge in [0.05, 0.1) is 19.2 Å². The van der Waals surface area contributed by atoms with Crippen LogP contribution in [0, 0.1) is 0 Å². The van der Waals surface area contributed by atoms with Crippen molar-refractivity contribution in [3.05, 3.63) is 29.8 Å². The average molecular weight is 421 g/mol. The van der Waals surface area contributed by atoms with Crippen LogP contribution in [0.2, 0.25) is 0 Å². The Labute approximate surface area is 172 Å². The molecule has 5 amide bonds. The van der Waals surface area contributed by atoms with Gasteiger partial charge in [0.1, 0.15) is 12.6 Å². The molecule has 0 unspecified atom stereocenters. The monoisotopic (exact) mass is 421 g/mol. The molecule has 0 aliphatic carbocycles. The number of hydrogen-bond donors (Lipinski definition) is 3. The zero-order valence-corrected chi connectivity index (χ0v) is 16.5. The van der Waals surface area contributed by atoms with Crippen molar-refractivity contribution in [1.82, 2.24) is 15.6 Å². The third kappa shape index (κ3) is 5.44. The summed E-state index contributed by atoms with van der Waals surface area (Å²) in [5.74, 6) is -1.69. The summed E-state index contributed by atoms with van der Waals surface area (Å²) in [5.41, 5.74) is 6.21. The topological polar surface area (TPSA) is 160 Å². The van der Waals surface area contributed by atoms with E-state index in [0.717, 1.165) is 5.01 Å². The second-order valence-electron chi connectivity index (χ2n) is 6.22. The molecule has 0 spiro atoms. The number of imide groups is 1. The lowest BCUT2D eigenvalue weighted by atomic mass is 10.2. The van der Waals surface area contributed by atoms with E-state index in [0.29, 0.717) is 10.6 Å². The molecule has 162 valence electrons. The number of nitrogens with one attached hydrogen (secondary N) is 2. The minimum Gasteiger partial charge on any atom is -0.469 e. The molecule has 1 aromatic carbocycles. The van der Waals surface area contributed by atoms with Crippen molar-refractivity contribution in [2.45, 2.75) is 26.0 Å². The molecule has 1 aliphatic rings. The van der Waals surface area contributed by atoms with Crippen LogP contribution >= 0.6 is 0 Å².